The summed E-state index contributed by atoms with van der Waals surface area (Å²) in [6.07, 6.45) is 1.84. The molecule has 0 aliphatic carbocycles. The van der Waals surface area contributed by atoms with E-state index in [2.05, 4.69) is 32.8 Å². The van der Waals surface area contributed by atoms with Crippen molar-refractivity contribution in [3.05, 3.63) is 41.9 Å². The molecular weight excluding hydrogens is 399 g/mol. The van der Waals surface area contributed by atoms with Gasteiger partial charge in [0.1, 0.15) is 0 Å². The van der Waals surface area contributed by atoms with Gasteiger partial charge in [0.25, 0.3) is 0 Å². The molecule has 0 amide bonds. The van der Waals surface area contributed by atoms with Crippen LogP contribution >= 0.6 is 35.6 Å². The van der Waals surface area contributed by atoms with Gasteiger partial charge in [0.15, 0.2) is 5.96 Å². The van der Waals surface area contributed by atoms with Crippen molar-refractivity contribution < 1.29 is 0 Å². The molecule has 0 spiro atoms. The summed E-state index contributed by atoms with van der Waals surface area (Å²) in [7, 11) is 1.81. The van der Waals surface area contributed by atoms with Crippen molar-refractivity contribution in [3.8, 4) is 0 Å². The van der Waals surface area contributed by atoms with Gasteiger partial charge >= 0.3 is 0 Å². The number of halogens is 2. The summed E-state index contributed by atoms with van der Waals surface area (Å²) < 4.78 is 0. The lowest BCUT2D eigenvalue weighted by molar-refractivity contribution is 0.374. The van der Waals surface area contributed by atoms with E-state index in [-0.39, 0.29) is 24.0 Å². The molecule has 1 aromatic carbocycles. The van der Waals surface area contributed by atoms with E-state index < -0.39 is 0 Å². The van der Waals surface area contributed by atoms with Crippen molar-refractivity contribution in [2.24, 2.45) is 4.99 Å². The molecule has 0 saturated carbocycles. The predicted octanol–water partition coefficient (Wildman–Crippen LogP) is 2.84. The van der Waals surface area contributed by atoms with Crippen LogP contribution in [0.4, 0.5) is 5.69 Å². The maximum Gasteiger partial charge on any atom is 0.194 e. The van der Waals surface area contributed by atoms with Gasteiger partial charge in [0, 0.05) is 39.8 Å². The highest BCUT2D eigenvalue weighted by Crippen LogP contribution is 2.25. The molecule has 1 heterocycles. The molecule has 0 aromatic heterocycles. The van der Waals surface area contributed by atoms with E-state index in [1.807, 2.05) is 31.3 Å². The number of nitrogens with one attached hydrogen (secondary N) is 1. The number of rotatable bonds is 3. The molecule has 1 aliphatic rings. The molecule has 0 bridgehead atoms. The highest BCUT2D eigenvalue weighted by Gasteiger charge is 2.20. The topological polar surface area (TPSA) is 30.9 Å². The quantitative estimate of drug-likeness (QED) is 0.353. The van der Waals surface area contributed by atoms with Crippen molar-refractivity contribution >= 4 is 47.2 Å². The molecule has 0 radical (unpaired) electrons. The number of para-hydroxylation sites is 1. The summed E-state index contributed by atoms with van der Waals surface area (Å²) >= 11 is 6.25. The summed E-state index contributed by atoms with van der Waals surface area (Å²) in [6.45, 7) is 8.20. The number of hydrogen-bond donors (Lipinski definition) is 1. The van der Waals surface area contributed by atoms with Crippen molar-refractivity contribution in [2.45, 2.75) is 0 Å². The number of anilines is 1. The van der Waals surface area contributed by atoms with Crippen LogP contribution in [0.5, 0.6) is 0 Å². The van der Waals surface area contributed by atoms with Crippen molar-refractivity contribution in [1.29, 1.82) is 0 Å². The Labute approximate surface area is 148 Å². The van der Waals surface area contributed by atoms with Crippen LogP contribution in [0.1, 0.15) is 0 Å². The Hall–Kier alpha value is -0.950. The molecule has 1 fully saturated rings. The zero-order valence-electron chi connectivity index (χ0n) is 12.3. The van der Waals surface area contributed by atoms with Gasteiger partial charge in [-0.3, -0.25) is 4.99 Å². The van der Waals surface area contributed by atoms with Crippen molar-refractivity contribution in [2.75, 3.05) is 44.7 Å². The van der Waals surface area contributed by atoms with Crippen LogP contribution in [0.2, 0.25) is 5.02 Å². The molecule has 6 heteroatoms. The molecule has 0 unspecified atom stereocenters. The Kier molecular flexibility index (Phi) is 7.88. The van der Waals surface area contributed by atoms with E-state index in [9.17, 15) is 0 Å². The van der Waals surface area contributed by atoms with Gasteiger partial charge in [-0.25, -0.2) is 0 Å². The summed E-state index contributed by atoms with van der Waals surface area (Å²) in [5, 5.41) is 4.08. The fourth-order valence-electron chi connectivity index (χ4n) is 2.36. The fraction of sp³-hybridized carbons (Fsp3) is 0.400. The maximum atomic E-state index is 6.25. The third-order valence-corrected chi connectivity index (χ3v) is 3.71. The number of benzene rings is 1. The van der Waals surface area contributed by atoms with Crippen LogP contribution in [0.3, 0.4) is 0 Å². The second-order valence-electron chi connectivity index (χ2n) is 4.64. The molecule has 4 nitrogen and oxygen atoms in total. The zero-order chi connectivity index (χ0) is 14.4. The SMILES string of the molecule is C=CCNC(=NC)N1CCN(c2ccccc2Cl)CC1.I. The summed E-state index contributed by atoms with van der Waals surface area (Å²) in [4.78, 5) is 8.88. The van der Waals surface area contributed by atoms with Gasteiger partial charge in [-0.1, -0.05) is 29.8 Å². The summed E-state index contributed by atoms with van der Waals surface area (Å²) in [5.41, 5.74) is 1.11. The first kappa shape index (κ1) is 18.1. The summed E-state index contributed by atoms with van der Waals surface area (Å²) in [5.74, 6) is 0.934. The average molecular weight is 421 g/mol. The second kappa shape index (κ2) is 9.15. The smallest absolute Gasteiger partial charge is 0.194 e. The first-order chi connectivity index (χ1) is 9.76. The molecule has 1 saturated heterocycles. The van der Waals surface area contributed by atoms with Gasteiger partial charge in [-0.15, -0.1) is 30.6 Å². The van der Waals surface area contributed by atoms with Gasteiger partial charge in [-0.05, 0) is 12.1 Å². The average Bonchev–Trinajstić information content (AvgIpc) is 2.49. The van der Waals surface area contributed by atoms with E-state index in [1.165, 1.54) is 0 Å². The van der Waals surface area contributed by atoms with Crippen molar-refractivity contribution in [1.82, 2.24) is 10.2 Å². The number of aliphatic imine (C=N–C) groups is 1. The predicted molar refractivity (Wildman–Crippen MR) is 102 cm³/mol. The third-order valence-electron chi connectivity index (χ3n) is 3.39. The van der Waals surface area contributed by atoms with Gasteiger partial charge in [0.2, 0.25) is 0 Å². The minimum absolute atomic E-state index is 0. The minimum atomic E-state index is 0. The molecule has 2 rings (SSSR count). The monoisotopic (exact) mass is 420 g/mol. The lowest BCUT2D eigenvalue weighted by Gasteiger charge is -2.37. The Morgan fingerprint density at radius 2 is 2.00 bits per heavy atom. The Morgan fingerprint density at radius 1 is 1.33 bits per heavy atom. The number of hydrogen-bond acceptors (Lipinski definition) is 2. The van der Waals surface area contributed by atoms with E-state index in [0.29, 0.717) is 0 Å². The number of guanidine groups is 1. The van der Waals surface area contributed by atoms with Crippen LogP contribution in [-0.2, 0) is 0 Å². The highest BCUT2D eigenvalue weighted by molar-refractivity contribution is 14.0. The Bertz CT molecular complexity index is 484. The largest absolute Gasteiger partial charge is 0.367 e. The Balaban J connectivity index is 0.00000220. The molecule has 1 aliphatic heterocycles. The first-order valence-electron chi connectivity index (χ1n) is 6.82. The van der Waals surface area contributed by atoms with Gasteiger partial charge in [-0.2, -0.15) is 0 Å². The maximum absolute atomic E-state index is 6.25. The number of piperazine rings is 1. The molecule has 1 aromatic rings. The fourth-order valence-corrected chi connectivity index (χ4v) is 2.62. The van der Waals surface area contributed by atoms with Crippen LogP contribution in [0, 0.1) is 0 Å². The first-order valence-corrected chi connectivity index (χ1v) is 7.20. The van der Waals surface area contributed by atoms with Crippen molar-refractivity contribution in [3.63, 3.8) is 0 Å². The van der Waals surface area contributed by atoms with E-state index in [1.54, 1.807) is 0 Å². The lowest BCUT2D eigenvalue weighted by Crippen LogP contribution is -2.52. The van der Waals surface area contributed by atoms with Crippen LogP contribution in [0.25, 0.3) is 0 Å². The molecule has 0 atom stereocenters. The minimum Gasteiger partial charge on any atom is -0.367 e. The molecule has 116 valence electrons. The third kappa shape index (κ3) is 4.78. The van der Waals surface area contributed by atoms with Gasteiger partial charge in [0.05, 0.1) is 10.7 Å². The van der Waals surface area contributed by atoms with Crippen LogP contribution in [0.15, 0.2) is 41.9 Å². The molecular formula is C15H22ClIN4. The standard InChI is InChI=1S/C15H21ClN4.HI/c1-3-8-18-15(17-2)20-11-9-19(10-12-20)14-7-5-4-6-13(14)16;/h3-7H,1,8-12H2,2H3,(H,17,18);1H. The highest BCUT2D eigenvalue weighted by atomic mass is 127. The van der Waals surface area contributed by atoms with Gasteiger partial charge < -0.3 is 15.1 Å². The Morgan fingerprint density at radius 3 is 2.57 bits per heavy atom. The summed E-state index contributed by atoms with van der Waals surface area (Å²) in [6, 6.07) is 8.00. The van der Waals surface area contributed by atoms with E-state index in [4.69, 9.17) is 11.6 Å². The van der Waals surface area contributed by atoms with E-state index >= 15 is 0 Å². The molecule has 21 heavy (non-hydrogen) atoms. The molecule has 1 N–H and O–H groups in total. The van der Waals surface area contributed by atoms with E-state index in [0.717, 1.165) is 49.4 Å². The zero-order valence-corrected chi connectivity index (χ0v) is 15.3. The normalized spacial score (nSPS) is 15.4. The lowest BCUT2D eigenvalue weighted by atomic mass is 10.2. The van der Waals surface area contributed by atoms with Crippen LogP contribution < -0.4 is 10.2 Å². The second-order valence-corrected chi connectivity index (χ2v) is 5.05. The van der Waals surface area contributed by atoms with Crippen LogP contribution in [-0.4, -0.2) is 50.6 Å². The number of nitrogens with zero attached hydrogens (tertiary/aromatic N) is 3.